The van der Waals surface area contributed by atoms with Gasteiger partial charge in [-0.2, -0.15) is 0 Å². The van der Waals surface area contributed by atoms with Crippen molar-refractivity contribution in [3.05, 3.63) is 59.7 Å². The fourth-order valence-electron chi connectivity index (χ4n) is 2.09. The van der Waals surface area contributed by atoms with Gasteiger partial charge >= 0.3 is 0 Å². The Bertz CT molecular complexity index is 706. The first-order chi connectivity index (χ1) is 9.78. The maximum absolute atomic E-state index is 13.2. The van der Waals surface area contributed by atoms with Crippen molar-refractivity contribution in [2.45, 2.75) is 13.1 Å². The van der Waals surface area contributed by atoms with E-state index in [1.54, 1.807) is 23.1 Å². The summed E-state index contributed by atoms with van der Waals surface area (Å²) in [6, 6.07) is 9.98. The van der Waals surface area contributed by atoms with E-state index in [0.29, 0.717) is 18.0 Å². The molecule has 0 aliphatic heterocycles. The van der Waals surface area contributed by atoms with Gasteiger partial charge in [0.25, 0.3) is 0 Å². The van der Waals surface area contributed by atoms with Gasteiger partial charge in [0.1, 0.15) is 17.2 Å². The van der Waals surface area contributed by atoms with Crippen molar-refractivity contribution in [1.29, 1.82) is 0 Å². The van der Waals surface area contributed by atoms with E-state index in [1.165, 1.54) is 12.1 Å². The molecular formula is C14H13FN4O. The molecule has 6 heteroatoms. The van der Waals surface area contributed by atoms with Gasteiger partial charge in [0, 0.05) is 6.54 Å². The first-order valence-electron chi connectivity index (χ1n) is 6.18. The predicted molar refractivity (Wildman–Crippen MR) is 71.1 cm³/mol. The number of furan rings is 1. The summed E-state index contributed by atoms with van der Waals surface area (Å²) < 4.78 is 20.3. The number of hydrogen-bond acceptors (Lipinski definition) is 4. The van der Waals surface area contributed by atoms with E-state index < -0.39 is 0 Å². The fourth-order valence-corrected chi connectivity index (χ4v) is 2.09. The minimum absolute atomic E-state index is 0.263. The minimum Gasteiger partial charge on any atom is -0.463 e. The Kier molecular flexibility index (Phi) is 3.30. The number of aromatic nitrogens is 3. The molecule has 1 aromatic carbocycles. The molecule has 0 aliphatic rings. The lowest BCUT2D eigenvalue weighted by atomic mass is 10.2. The Morgan fingerprint density at radius 1 is 1.25 bits per heavy atom. The number of halogens is 1. The minimum atomic E-state index is -0.277. The van der Waals surface area contributed by atoms with E-state index >= 15 is 0 Å². The van der Waals surface area contributed by atoms with E-state index in [9.17, 15) is 4.39 Å². The maximum atomic E-state index is 13.2. The van der Waals surface area contributed by atoms with Gasteiger partial charge in [0.2, 0.25) is 0 Å². The van der Waals surface area contributed by atoms with Crippen molar-refractivity contribution in [3.8, 4) is 11.5 Å². The lowest BCUT2D eigenvalue weighted by molar-refractivity contribution is 0.565. The monoisotopic (exact) mass is 272 g/mol. The lowest BCUT2D eigenvalue weighted by Crippen LogP contribution is -2.05. The number of benzene rings is 1. The summed E-state index contributed by atoms with van der Waals surface area (Å²) >= 11 is 0. The molecule has 0 amide bonds. The quantitative estimate of drug-likeness (QED) is 0.790. The van der Waals surface area contributed by atoms with Crippen LogP contribution >= 0.6 is 0 Å². The second kappa shape index (κ2) is 5.26. The van der Waals surface area contributed by atoms with Crippen LogP contribution in [0.15, 0.2) is 47.1 Å². The lowest BCUT2D eigenvalue weighted by Gasteiger charge is -2.06. The molecule has 3 rings (SSSR count). The molecule has 2 N–H and O–H groups in total. The Labute approximate surface area is 114 Å². The smallest absolute Gasteiger partial charge is 0.153 e. The molecule has 2 aromatic heterocycles. The standard InChI is InChI=1S/C14H13FN4O/c15-11-4-1-3-10(7-11)9-19-14(12(8-16)17-18-19)13-5-2-6-20-13/h1-7H,8-9,16H2. The van der Waals surface area contributed by atoms with E-state index in [0.717, 1.165) is 11.3 Å². The molecule has 0 unspecified atom stereocenters. The van der Waals surface area contributed by atoms with E-state index in [2.05, 4.69) is 10.3 Å². The van der Waals surface area contributed by atoms with E-state index in [-0.39, 0.29) is 12.4 Å². The molecule has 0 aliphatic carbocycles. The highest BCUT2D eigenvalue weighted by molar-refractivity contribution is 5.55. The fraction of sp³-hybridized carbons (Fsp3) is 0.143. The average molecular weight is 272 g/mol. The number of nitrogens with two attached hydrogens (primary N) is 1. The van der Waals surface area contributed by atoms with Crippen molar-refractivity contribution in [1.82, 2.24) is 15.0 Å². The third kappa shape index (κ3) is 2.33. The van der Waals surface area contributed by atoms with Crippen LogP contribution in [-0.4, -0.2) is 15.0 Å². The normalized spacial score (nSPS) is 10.9. The van der Waals surface area contributed by atoms with Crippen LogP contribution in [-0.2, 0) is 13.1 Å². The van der Waals surface area contributed by atoms with Gasteiger partial charge in [0.05, 0.1) is 12.8 Å². The molecule has 0 fully saturated rings. The number of hydrogen-bond donors (Lipinski definition) is 1. The molecule has 102 valence electrons. The molecule has 0 spiro atoms. The van der Waals surface area contributed by atoms with Crippen LogP contribution in [0.4, 0.5) is 4.39 Å². The van der Waals surface area contributed by atoms with E-state index in [1.807, 2.05) is 12.1 Å². The summed E-state index contributed by atoms with van der Waals surface area (Å²) in [5.74, 6) is 0.369. The van der Waals surface area contributed by atoms with Gasteiger partial charge in [-0.3, -0.25) is 0 Å². The van der Waals surface area contributed by atoms with Crippen molar-refractivity contribution in [3.63, 3.8) is 0 Å². The SMILES string of the molecule is NCc1nnn(Cc2cccc(F)c2)c1-c1ccco1. The van der Waals surface area contributed by atoms with Gasteiger partial charge in [0.15, 0.2) is 5.76 Å². The molecule has 2 heterocycles. The van der Waals surface area contributed by atoms with Crippen LogP contribution in [0.3, 0.4) is 0 Å². The molecular weight excluding hydrogens is 259 g/mol. The number of nitrogens with zero attached hydrogens (tertiary/aromatic N) is 3. The molecule has 3 aromatic rings. The maximum Gasteiger partial charge on any atom is 0.153 e. The third-order valence-electron chi connectivity index (χ3n) is 2.97. The summed E-state index contributed by atoms with van der Waals surface area (Å²) in [5.41, 5.74) is 7.84. The Morgan fingerprint density at radius 2 is 2.15 bits per heavy atom. The van der Waals surface area contributed by atoms with Crippen molar-refractivity contribution in [2.24, 2.45) is 5.73 Å². The highest BCUT2D eigenvalue weighted by Crippen LogP contribution is 2.23. The molecule has 0 saturated carbocycles. The first-order valence-corrected chi connectivity index (χ1v) is 6.18. The Hall–Kier alpha value is -2.47. The molecule has 0 bridgehead atoms. The average Bonchev–Trinajstić information content (AvgIpc) is 3.07. The van der Waals surface area contributed by atoms with Gasteiger partial charge in [-0.1, -0.05) is 17.3 Å². The highest BCUT2D eigenvalue weighted by Gasteiger charge is 2.16. The Morgan fingerprint density at radius 3 is 2.85 bits per heavy atom. The first kappa shape index (κ1) is 12.6. The van der Waals surface area contributed by atoms with Crippen LogP contribution in [0.1, 0.15) is 11.3 Å². The number of rotatable bonds is 4. The van der Waals surface area contributed by atoms with Gasteiger partial charge in [-0.25, -0.2) is 9.07 Å². The van der Waals surface area contributed by atoms with Gasteiger partial charge < -0.3 is 10.2 Å². The summed E-state index contributed by atoms with van der Waals surface area (Å²) in [5, 5.41) is 8.12. The van der Waals surface area contributed by atoms with Crippen LogP contribution in [0.2, 0.25) is 0 Å². The summed E-state index contributed by atoms with van der Waals surface area (Å²) in [6.07, 6.45) is 1.58. The molecule has 0 saturated heterocycles. The topological polar surface area (TPSA) is 69.9 Å². The van der Waals surface area contributed by atoms with Crippen LogP contribution in [0.25, 0.3) is 11.5 Å². The van der Waals surface area contributed by atoms with Gasteiger partial charge in [-0.15, -0.1) is 5.10 Å². The van der Waals surface area contributed by atoms with Gasteiger partial charge in [-0.05, 0) is 29.8 Å². The molecule has 0 atom stereocenters. The summed E-state index contributed by atoms with van der Waals surface area (Å²) in [4.78, 5) is 0. The molecule has 5 nitrogen and oxygen atoms in total. The zero-order valence-corrected chi connectivity index (χ0v) is 10.7. The Balaban J connectivity index is 2.00. The zero-order valence-electron chi connectivity index (χ0n) is 10.7. The van der Waals surface area contributed by atoms with Crippen LogP contribution in [0.5, 0.6) is 0 Å². The molecule has 20 heavy (non-hydrogen) atoms. The third-order valence-corrected chi connectivity index (χ3v) is 2.97. The second-order valence-corrected chi connectivity index (χ2v) is 4.35. The van der Waals surface area contributed by atoms with Crippen molar-refractivity contribution < 1.29 is 8.81 Å². The summed E-state index contributed by atoms with van der Waals surface area (Å²) in [7, 11) is 0. The highest BCUT2D eigenvalue weighted by atomic mass is 19.1. The zero-order chi connectivity index (χ0) is 13.9. The second-order valence-electron chi connectivity index (χ2n) is 4.35. The van der Waals surface area contributed by atoms with E-state index in [4.69, 9.17) is 10.2 Å². The van der Waals surface area contributed by atoms with Crippen molar-refractivity contribution in [2.75, 3.05) is 0 Å². The van der Waals surface area contributed by atoms with Crippen molar-refractivity contribution >= 4 is 0 Å². The largest absolute Gasteiger partial charge is 0.463 e. The predicted octanol–water partition coefficient (Wildman–Crippen LogP) is 2.18. The van der Waals surface area contributed by atoms with Crippen LogP contribution < -0.4 is 5.73 Å². The summed E-state index contributed by atoms with van der Waals surface area (Å²) in [6.45, 7) is 0.667. The molecule has 0 radical (unpaired) electrons. The van der Waals surface area contributed by atoms with Crippen LogP contribution in [0, 0.1) is 5.82 Å².